The lowest BCUT2D eigenvalue weighted by atomic mass is 9.73. The van der Waals surface area contributed by atoms with Gasteiger partial charge in [0.2, 0.25) is 0 Å². The Balaban J connectivity index is 1.62. The van der Waals surface area contributed by atoms with Crippen molar-refractivity contribution in [1.29, 1.82) is 0 Å². The Morgan fingerprint density at radius 1 is 1.09 bits per heavy atom. The number of ether oxygens (including phenoxy) is 1. The van der Waals surface area contributed by atoms with Crippen molar-refractivity contribution >= 4 is 0 Å². The molecule has 0 aromatic heterocycles. The van der Waals surface area contributed by atoms with Gasteiger partial charge in [0.25, 0.3) is 0 Å². The summed E-state index contributed by atoms with van der Waals surface area (Å²) in [4.78, 5) is 2.01. The zero-order valence-corrected chi connectivity index (χ0v) is 14.1. The molecule has 2 nitrogen and oxygen atoms in total. The van der Waals surface area contributed by atoms with Crippen LogP contribution in [-0.4, -0.2) is 25.6 Å². The Kier molecular flexibility index (Phi) is 4.75. The Hall–Kier alpha value is -1.44. The van der Waals surface area contributed by atoms with Gasteiger partial charge in [0.15, 0.2) is 0 Å². The van der Waals surface area contributed by atoms with E-state index in [2.05, 4.69) is 24.8 Å². The highest BCUT2D eigenvalue weighted by atomic mass is 16.5. The molecule has 1 unspecified atom stereocenters. The number of hydrogen-bond acceptors (Lipinski definition) is 2. The van der Waals surface area contributed by atoms with Crippen LogP contribution in [0.4, 0.5) is 0 Å². The van der Waals surface area contributed by atoms with Crippen molar-refractivity contribution in [2.75, 3.05) is 20.7 Å². The highest BCUT2D eigenvalue weighted by Crippen LogP contribution is 2.40. The van der Waals surface area contributed by atoms with Crippen molar-refractivity contribution in [3.63, 3.8) is 0 Å². The van der Waals surface area contributed by atoms with Crippen LogP contribution < -0.4 is 4.74 Å². The number of nitrogens with zero attached hydrogens (tertiary/aromatic N) is 1. The topological polar surface area (TPSA) is 12.5 Å². The Labute approximate surface area is 135 Å². The minimum absolute atomic E-state index is 0.566. The maximum absolute atomic E-state index is 5.90. The first-order chi connectivity index (χ1) is 10.6. The summed E-state index contributed by atoms with van der Waals surface area (Å²) >= 11 is 0. The van der Waals surface area contributed by atoms with E-state index in [0.717, 1.165) is 23.3 Å². The van der Waals surface area contributed by atoms with Crippen LogP contribution >= 0.6 is 0 Å². The monoisotopic (exact) mass is 299 g/mol. The van der Waals surface area contributed by atoms with Gasteiger partial charge >= 0.3 is 0 Å². The summed E-state index contributed by atoms with van der Waals surface area (Å²) in [5.41, 5.74) is 4.05. The smallest absolute Gasteiger partial charge is 0.127 e. The average molecular weight is 299 g/mol. The molecule has 3 rings (SSSR count). The van der Waals surface area contributed by atoms with Gasteiger partial charge in [0, 0.05) is 19.8 Å². The lowest BCUT2D eigenvalue weighted by Crippen LogP contribution is -2.22. The fourth-order valence-electron chi connectivity index (χ4n) is 3.67. The number of rotatable bonds is 5. The number of benzene rings is 1. The summed E-state index contributed by atoms with van der Waals surface area (Å²) in [5, 5.41) is 0. The van der Waals surface area contributed by atoms with Crippen molar-refractivity contribution in [2.24, 2.45) is 11.8 Å². The highest BCUT2D eigenvalue weighted by molar-refractivity contribution is 5.37. The van der Waals surface area contributed by atoms with Gasteiger partial charge in [-0.3, -0.25) is 0 Å². The standard InChI is InChI=1S/C20H29NO/c1-15(21(2)3)14-22-20-12-11-18-8-7-17(16-5-4-6-16)9-10-19(18)13-20/h11-13,16-17H,1,4-10,14H2,2-3H3. The van der Waals surface area contributed by atoms with Crippen LogP contribution in [0.3, 0.4) is 0 Å². The second kappa shape index (κ2) is 6.76. The summed E-state index contributed by atoms with van der Waals surface area (Å²) in [7, 11) is 4.01. The minimum Gasteiger partial charge on any atom is -0.487 e. The molecule has 2 aliphatic carbocycles. The van der Waals surface area contributed by atoms with E-state index in [0.29, 0.717) is 6.61 Å². The molecule has 0 radical (unpaired) electrons. The van der Waals surface area contributed by atoms with Crippen molar-refractivity contribution in [3.8, 4) is 5.75 Å². The zero-order valence-electron chi connectivity index (χ0n) is 14.1. The third-order valence-electron chi connectivity index (χ3n) is 5.60. The molecule has 120 valence electrons. The quantitative estimate of drug-likeness (QED) is 0.745. The van der Waals surface area contributed by atoms with Crippen LogP contribution in [0.15, 0.2) is 30.5 Å². The first kappa shape index (κ1) is 15.5. The van der Waals surface area contributed by atoms with Crippen LogP contribution in [0.2, 0.25) is 0 Å². The molecule has 1 aromatic rings. The lowest BCUT2D eigenvalue weighted by molar-refractivity contribution is 0.188. The number of aryl methyl sites for hydroxylation is 2. The van der Waals surface area contributed by atoms with E-state index in [-0.39, 0.29) is 0 Å². The van der Waals surface area contributed by atoms with Gasteiger partial charge in [0.05, 0.1) is 0 Å². The van der Waals surface area contributed by atoms with Gasteiger partial charge in [-0.05, 0) is 60.8 Å². The van der Waals surface area contributed by atoms with E-state index in [9.17, 15) is 0 Å². The molecular weight excluding hydrogens is 270 g/mol. The Morgan fingerprint density at radius 3 is 2.41 bits per heavy atom. The largest absolute Gasteiger partial charge is 0.487 e. The minimum atomic E-state index is 0.566. The van der Waals surface area contributed by atoms with Crippen LogP contribution in [0.1, 0.15) is 43.2 Å². The Morgan fingerprint density at radius 2 is 1.77 bits per heavy atom. The predicted octanol–water partition coefficient (Wildman–Crippen LogP) is 4.44. The maximum atomic E-state index is 5.90. The molecule has 0 N–H and O–H groups in total. The second-order valence-corrected chi connectivity index (χ2v) is 7.21. The van der Waals surface area contributed by atoms with Gasteiger partial charge in [-0.15, -0.1) is 0 Å². The fraction of sp³-hybridized carbons (Fsp3) is 0.600. The predicted molar refractivity (Wildman–Crippen MR) is 92.2 cm³/mol. The molecule has 0 amide bonds. The number of hydrogen-bond donors (Lipinski definition) is 0. The molecule has 22 heavy (non-hydrogen) atoms. The van der Waals surface area contributed by atoms with Crippen LogP contribution in [-0.2, 0) is 12.8 Å². The average Bonchev–Trinajstić information content (AvgIpc) is 2.65. The van der Waals surface area contributed by atoms with E-state index >= 15 is 0 Å². The fourth-order valence-corrected chi connectivity index (χ4v) is 3.67. The number of fused-ring (bicyclic) bond motifs is 1. The van der Waals surface area contributed by atoms with Gasteiger partial charge in [-0.25, -0.2) is 0 Å². The van der Waals surface area contributed by atoms with E-state index in [4.69, 9.17) is 4.74 Å². The molecular formula is C20H29NO. The first-order valence-corrected chi connectivity index (χ1v) is 8.73. The summed E-state index contributed by atoms with van der Waals surface area (Å²) in [6.07, 6.45) is 9.64. The molecule has 0 spiro atoms. The number of likely N-dealkylation sites (N-methyl/N-ethyl adjacent to an activating group) is 1. The molecule has 2 heteroatoms. The first-order valence-electron chi connectivity index (χ1n) is 8.73. The van der Waals surface area contributed by atoms with Crippen molar-refractivity contribution in [2.45, 2.75) is 44.9 Å². The second-order valence-electron chi connectivity index (χ2n) is 7.21. The molecule has 1 atom stereocenters. The SMILES string of the molecule is C=C(COc1ccc2c(c1)CCC(C1CCC1)CC2)N(C)C. The van der Waals surface area contributed by atoms with Crippen LogP contribution in [0.25, 0.3) is 0 Å². The summed E-state index contributed by atoms with van der Waals surface area (Å²) in [6.45, 7) is 4.58. The van der Waals surface area contributed by atoms with Gasteiger partial charge in [-0.1, -0.05) is 31.9 Å². The van der Waals surface area contributed by atoms with Gasteiger partial charge in [-0.2, -0.15) is 0 Å². The van der Waals surface area contributed by atoms with Gasteiger partial charge in [0.1, 0.15) is 12.4 Å². The molecule has 1 fully saturated rings. The maximum Gasteiger partial charge on any atom is 0.127 e. The molecule has 0 bridgehead atoms. The highest BCUT2D eigenvalue weighted by Gasteiger charge is 2.28. The normalized spacial score (nSPS) is 21.5. The molecule has 1 aromatic carbocycles. The van der Waals surface area contributed by atoms with E-state index < -0.39 is 0 Å². The van der Waals surface area contributed by atoms with Crippen LogP contribution in [0, 0.1) is 11.8 Å². The van der Waals surface area contributed by atoms with Crippen molar-refractivity contribution < 1.29 is 4.74 Å². The van der Waals surface area contributed by atoms with E-state index in [1.54, 1.807) is 5.56 Å². The van der Waals surface area contributed by atoms with E-state index in [1.165, 1.54) is 50.5 Å². The molecule has 0 aliphatic heterocycles. The lowest BCUT2D eigenvalue weighted by Gasteiger charge is -2.33. The van der Waals surface area contributed by atoms with Gasteiger partial charge < -0.3 is 9.64 Å². The summed E-state index contributed by atoms with van der Waals surface area (Å²) in [6, 6.07) is 6.68. The molecule has 2 aliphatic rings. The van der Waals surface area contributed by atoms with Crippen LogP contribution in [0.5, 0.6) is 5.75 Å². The Bertz CT molecular complexity index is 531. The van der Waals surface area contributed by atoms with Crippen molar-refractivity contribution in [1.82, 2.24) is 4.90 Å². The molecule has 1 saturated carbocycles. The molecule has 0 heterocycles. The summed E-state index contributed by atoms with van der Waals surface area (Å²) in [5.74, 6) is 2.97. The van der Waals surface area contributed by atoms with E-state index in [1.807, 2.05) is 19.0 Å². The van der Waals surface area contributed by atoms with Crippen molar-refractivity contribution in [3.05, 3.63) is 41.6 Å². The third kappa shape index (κ3) is 3.48. The third-order valence-corrected chi connectivity index (χ3v) is 5.60. The zero-order chi connectivity index (χ0) is 15.5. The molecule has 0 saturated heterocycles. The summed E-state index contributed by atoms with van der Waals surface area (Å²) < 4.78 is 5.90.